The second-order valence-electron chi connectivity index (χ2n) is 4.69. The second-order valence-corrected chi connectivity index (χ2v) is 5.10. The number of aromatic nitrogens is 3. The van der Waals surface area contributed by atoms with Gasteiger partial charge in [-0.25, -0.2) is 4.68 Å². The summed E-state index contributed by atoms with van der Waals surface area (Å²) < 4.78 is 1.96. The summed E-state index contributed by atoms with van der Waals surface area (Å²) in [5.41, 5.74) is 8.03. The molecular formula is C13H15ClN4. The van der Waals surface area contributed by atoms with Crippen LogP contribution in [0, 0.1) is 6.92 Å². The molecule has 0 saturated carbocycles. The van der Waals surface area contributed by atoms with Crippen molar-refractivity contribution in [2.24, 2.45) is 0 Å². The van der Waals surface area contributed by atoms with E-state index in [1.807, 2.05) is 23.7 Å². The summed E-state index contributed by atoms with van der Waals surface area (Å²) in [7, 11) is 0. The number of fused-ring (bicyclic) bond motifs is 1. The molecule has 94 valence electrons. The first-order chi connectivity index (χ1) is 8.66. The highest BCUT2D eigenvalue weighted by Gasteiger charge is 2.25. The Kier molecular flexibility index (Phi) is 2.74. The molecule has 1 aliphatic rings. The van der Waals surface area contributed by atoms with Gasteiger partial charge in [-0.2, -0.15) is 4.98 Å². The zero-order valence-corrected chi connectivity index (χ0v) is 11.0. The van der Waals surface area contributed by atoms with Gasteiger partial charge in [0.05, 0.1) is 6.04 Å². The molecule has 2 N–H and O–H groups in total. The van der Waals surface area contributed by atoms with Crippen LogP contribution < -0.4 is 5.73 Å². The molecule has 0 radical (unpaired) electrons. The van der Waals surface area contributed by atoms with Gasteiger partial charge in [0.15, 0.2) is 0 Å². The molecule has 3 rings (SSSR count). The average molecular weight is 263 g/mol. The van der Waals surface area contributed by atoms with Crippen LogP contribution in [0.1, 0.15) is 35.8 Å². The van der Waals surface area contributed by atoms with Crippen molar-refractivity contribution in [1.29, 1.82) is 0 Å². The molecule has 2 aromatic rings. The lowest BCUT2D eigenvalue weighted by Crippen LogP contribution is -2.21. The fourth-order valence-corrected chi connectivity index (χ4v) is 2.82. The molecule has 1 aliphatic heterocycles. The number of hydrogen-bond donors (Lipinski definition) is 1. The molecule has 0 aliphatic carbocycles. The lowest BCUT2D eigenvalue weighted by molar-refractivity contribution is 0.411. The average Bonchev–Trinajstić information content (AvgIpc) is 2.73. The SMILES string of the molecule is Cc1c(Cl)cccc1C1CCCc2nc(N)nn21. The third-order valence-corrected chi connectivity index (χ3v) is 3.97. The normalized spacial score (nSPS) is 18.7. The summed E-state index contributed by atoms with van der Waals surface area (Å²) >= 11 is 6.20. The number of anilines is 1. The quantitative estimate of drug-likeness (QED) is 0.860. The molecule has 0 amide bonds. The molecular weight excluding hydrogens is 248 g/mol. The van der Waals surface area contributed by atoms with Crippen LogP contribution in [0.25, 0.3) is 0 Å². The maximum absolute atomic E-state index is 6.20. The smallest absolute Gasteiger partial charge is 0.239 e. The molecule has 0 spiro atoms. The summed E-state index contributed by atoms with van der Waals surface area (Å²) in [5, 5.41) is 5.12. The van der Waals surface area contributed by atoms with Crippen molar-refractivity contribution in [2.75, 3.05) is 5.73 Å². The summed E-state index contributed by atoms with van der Waals surface area (Å²) in [6.45, 7) is 2.05. The van der Waals surface area contributed by atoms with E-state index in [2.05, 4.69) is 16.1 Å². The molecule has 1 atom stereocenters. The number of nitrogen functional groups attached to an aromatic ring is 1. The van der Waals surface area contributed by atoms with E-state index >= 15 is 0 Å². The molecule has 5 heteroatoms. The minimum absolute atomic E-state index is 0.206. The number of nitrogens with two attached hydrogens (primary N) is 1. The number of aryl methyl sites for hydroxylation is 1. The van der Waals surface area contributed by atoms with Crippen LogP contribution in [0.15, 0.2) is 18.2 Å². The highest BCUT2D eigenvalue weighted by molar-refractivity contribution is 6.31. The van der Waals surface area contributed by atoms with E-state index in [0.29, 0.717) is 5.95 Å². The first-order valence-electron chi connectivity index (χ1n) is 6.12. The number of rotatable bonds is 1. The van der Waals surface area contributed by atoms with Crippen LogP contribution in [0.5, 0.6) is 0 Å². The number of nitrogens with zero attached hydrogens (tertiary/aromatic N) is 3. The zero-order valence-electron chi connectivity index (χ0n) is 10.2. The summed E-state index contributed by atoms with van der Waals surface area (Å²) in [6, 6.07) is 6.22. The van der Waals surface area contributed by atoms with Crippen LogP contribution >= 0.6 is 11.6 Å². The van der Waals surface area contributed by atoms with E-state index in [-0.39, 0.29) is 6.04 Å². The first kappa shape index (κ1) is 11.5. The molecule has 0 bridgehead atoms. The van der Waals surface area contributed by atoms with Gasteiger partial charge < -0.3 is 5.73 Å². The van der Waals surface area contributed by atoms with Crippen molar-refractivity contribution >= 4 is 17.5 Å². The zero-order chi connectivity index (χ0) is 12.7. The molecule has 1 aromatic heterocycles. The Balaban J connectivity index is 2.11. The van der Waals surface area contributed by atoms with E-state index in [9.17, 15) is 0 Å². The summed E-state index contributed by atoms with van der Waals surface area (Å²) in [6.07, 6.45) is 3.10. The third-order valence-electron chi connectivity index (χ3n) is 3.56. The minimum Gasteiger partial charge on any atom is -0.366 e. The summed E-state index contributed by atoms with van der Waals surface area (Å²) in [5.74, 6) is 1.33. The lowest BCUT2D eigenvalue weighted by Gasteiger charge is -2.25. The standard InChI is InChI=1S/C13H15ClN4/c1-8-9(4-2-5-10(8)14)11-6-3-7-12-16-13(15)17-18(11)12/h2,4-5,11H,3,6-7H2,1H3,(H2,15,17). The van der Waals surface area contributed by atoms with Crippen molar-refractivity contribution in [2.45, 2.75) is 32.2 Å². The molecule has 0 saturated heterocycles. The highest BCUT2D eigenvalue weighted by atomic mass is 35.5. The van der Waals surface area contributed by atoms with Gasteiger partial charge in [0.2, 0.25) is 5.95 Å². The van der Waals surface area contributed by atoms with Crippen LogP contribution in [0.4, 0.5) is 5.95 Å². The monoisotopic (exact) mass is 262 g/mol. The molecule has 2 heterocycles. The van der Waals surface area contributed by atoms with E-state index < -0.39 is 0 Å². The van der Waals surface area contributed by atoms with Crippen molar-refractivity contribution < 1.29 is 0 Å². The van der Waals surface area contributed by atoms with Gasteiger partial charge in [-0.1, -0.05) is 23.7 Å². The Bertz CT molecular complexity index is 591. The number of halogens is 1. The minimum atomic E-state index is 0.206. The van der Waals surface area contributed by atoms with Gasteiger partial charge in [-0.3, -0.25) is 0 Å². The molecule has 18 heavy (non-hydrogen) atoms. The fourth-order valence-electron chi connectivity index (χ4n) is 2.64. The number of benzene rings is 1. The van der Waals surface area contributed by atoms with Gasteiger partial charge in [-0.15, -0.1) is 5.10 Å². The predicted octanol–water partition coefficient (Wildman–Crippen LogP) is 2.75. The Hall–Kier alpha value is -1.55. The van der Waals surface area contributed by atoms with E-state index in [4.69, 9.17) is 17.3 Å². The summed E-state index contributed by atoms with van der Waals surface area (Å²) in [4.78, 5) is 4.28. The van der Waals surface area contributed by atoms with Gasteiger partial charge in [0, 0.05) is 11.4 Å². The van der Waals surface area contributed by atoms with Crippen LogP contribution in [-0.2, 0) is 6.42 Å². The van der Waals surface area contributed by atoms with Gasteiger partial charge in [0.25, 0.3) is 0 Å². The topological polar surface area (TPSA) is 56.7 Å². The van der Waals surface area contributed by atoms with Crippen molar-refractivity contribution in [3.8, 4) is 0 Å². The van der Waals surface area contributed by atoms with Crippen molar-refractivity contribution in [3.63, 3.8) is 0 Å². The third kappa shape index (κ3) is 1.77. The van der Waals surface area contributed by atoms with Crippen molar-refractivity contribution in [1.82, 2.24) is 14.8 Å². The maximum atomic E-state index is 6.20. The highest BCUT2D eigenvalue weighted by Crippen LogP contribution is 2.33. The van der Waals surface area contributed by atoms with Crippen LogP contribution in [0.2, 0.25) is 5.02 Å². The Morgan fingerprint density at radius 3 is 3.11 bits per heavy atom. The molecule has 0 fully saturated rings. The van der Waals surface area contributed by atoms with Gasteiger partial charge >= 0.3 is 0 Å². The molecule has 4 nitrogen and oxygen atoms in total. The van der Waals surface area contributed by atoms with Crippen LogP contribution in [-0.4, -0.2) is 14.8 Å². The van der Waals surface area contributed by atoms with Crippen molar-refractivity contribution in [3.05, 3.63) is 40.2 Å². The molecule has 1 aromatic carbocycles. The Labute approximate surface area is 111 Å². The van der Waals surface area contributed by atoms with E-state index in [0.717, 1.165) is 35.7 Å². The fraction of sp³-hybridized carbons (Fsp3) is 0.385. The Morgan fingerprint density at radius 2 is 2.28 bits per heavy atom. The lowest BCUT2D eigenvalue weighted by atomic mass is 9.94. The molecule has 1 unspecified atom stereocenters. The van der Waals surface area contributed by atoms with Gasteiger partial charge in [-0.05, 0) is 37.0 Å². The van der Waals surface area contributed by atoms with E-state index in [1.165, 1.54) is 5.56 Å². The van der Waals surface area contributed by atoms with Crippen LogP contribution in [0.3, 0.4) is 0 Å². The second kappa shape index (κ2) is 4.28. The van der Waals surface area contributed by atoms with E-state index in [1.54, 1.807) is 0 Å². The van der Waals surface area contributed by atoms with Gasteiger partial charge in [0.1, 0.15) is 5.82 Å². The Morgan fingerprint density at radius 1 is 1.44 bits per heavy atom. The first-order valence-corrected chi connectivity index (χ1v) is 6.50. The largest absolute Gasteiger partial charge is 0.366 e. The maximum Gasteiger partial charge on any atom is 0.239 e. The number of hydrogen-bond acceptors (Lipinski definition) is 3. The predicted molar refractivity (Wildman–Crippen MR) is 71.7 cm³/mol.